The average molecular weight is 344 g/mol. The third-order valence-electron chi connectivity index (χ3n) is 4.05. The molecule has 0 heterocycles. The molecule has 0 aliphatic rings. The third-order valence-corrected chi connectivity index (χ3v) is 4.05. The van der Waals surface area contributed by atoms with Crippen molar-refractivity contribution in [3.63, 3.8) is 0 Å². The van der Waals surface area contributed by atoms with Crippen LogP contribution in [0.15, 0.2) is 42.5 Å². The van der Waals surface area contributed by atoms with Crippen LogP contribution in [0.5, 0.6) is 0 Å². The third kappa shape index (κ3) is 5.03. The number of benzene rings is 2. The number of hydrogen-bond donors (Lipinski definition) is 2. The lowest BCUT2D eigenvalue weighted by atomic mass is 10.1. The van der Waals surface area contributed by atoms with Crippen LogP contribution in [0.3, 0.4) is 0 Å². The summed E-state index contributed by atoms with van der Waals surface area (Å²) in [6.45, 7) is 6.54. The van der Waals surface area contributed by atoms with E-state index in [4.69, 9.17) is 5.73 Å². The van der Waals surface area contributed by atoms with E-state index in [1.54, 1.807) is 17.0 Å². The van der Waals surface area contributed by atoms with Crippen LogP contribution in [-0.4, -0.2) is 29.0 Å². The number of amides is 1. The van der Waals surface area contributed by atoms with Gasteiger partial charge in [0.1, 0.15) is 5.82 Å². The van der Waals surface area contributed by atoms with E-state index in [0.29, 0.717) is 23.4 Å². The summed E-state index contributed by atoms with van der Waals surface area (Å²) in [6.07, 6.45) is -0.883. The van der Waals surface area contributed by atoms with Crippen molar-refractivity contribution < 1.29 is 14.3 Å². The molecule has 0 aliphatic carbocycles. The van der Waals surface area contributed by atoms with Gasteiger partial charge in [-0.05, 0) is 48.2 Å². The SMILES string of the molecule is Cc1ccc(C(=O)N(CC(C)C)CC(O)c2ccc(F)cc2)cc1N. The van der Waals surface area contributed by atoms with E-state index in [9.17, 15) is 14.3 Å². The Balaban J connectivity index is 2.21. The zero-order valence-corrected chi connectivity index (χ0v) is 14.9. The number of aliphatic hydroxyl groups excluding tert-OH is 1. The molecule has 134 valence electrons. The van der Waals surface area contributed by atoms with Crippen molar-refractivity contribution in [2.45, 2.75) is 26.9 Å². The molecule has 4 nitrogen and oxygen atoms in total. The molecule has 0 fully saturated rings. The van der Waals surface area contributed by atoms with Crippen LogP contribution in [0.25, 0.3) is 0 Å². The zero-order valence-electron chi connectivity index (χ0n) is 14.9. The number of nitrogens with zero attached hydrogens (tertiary/aromatic N) is 1. The zero-order chi connectivity index (χ0) is 18.6. The van der Waals surface area contributed by atoms with Crippen LogP contribution >= 0.6 is 0 Å². The summed E-state index contributed by atoms with van der Waals surface area (Å²) in [5.74, 6) is -0.296. The first-order valence-corrected chi connectivity index (χ1v) is 8.37. The Morgan fingerprint density at radius 2 is 1.80 bits per heavy atom. The number of aryl methyl sites for hydroxylation is 1. The maximum absolute atomic E-state index is 13.0. The van der Waals surface area contributed by atoms with Gasteiger partial charge in [0.2, 0.25) is 0 Å². The van der Waals surface area contributed by atoms with E-state index in [2.05, 4.69) is 0 Å². The summed E-state index contributed by atoms with van der Waals surface area (Å²) in [5.41, 5.74) is 8.46. The van der Waals surface area contributed by atoms with Gasteiger partial charge in [0, 0.05) is 17.8 Å². The first kappa shape index (κ1) is 18.9. The lowest BCUT2D eigenvalue weighted by Gasteiger charge is -2.27. The van der Waals surface area contributed by atoms with Gasteiger partial charge in [0.05, 0.1) is 12.6 Å². The van der Waals surface area contributed by atoms with E-state index in [1.807, 2.05) is 26.8 Å². The minimum atomic E-state index is -0.883. The molecular formula is C20H25FN2O2. The fraction of sp³-hybridized carbons (Fsp3) is 0.350. The van der Waals surface area contributed by atoms with Crippen LogP contribution < -0.4 is 5.73 Å². The molecule has 2 rings (SSSR count). The molecule has 3 N–H and O–H groups in total. The van der Waals surface area contributed by atoms with Gasteiger partial charge >= 0.3 is 0 Å². The first-order valence-electron chi connectivity index (χ1n) is 8.37. The van der Waals surface area contributed by atoms with Crippen molar-refractivity contribution in [3.05, 3.63) is 65.0 Å². The Labute approximate surface area is 148 Å². The second-order valence-corrected chi connectivity index (χ2v) is 6.74. The molecule has 1 atom stereocenters. The topological polar surface area (TPSA) is 66.6 Å². The van der Waals surface area contributed by atoms with E-state index >= 15 is 0 Å². The molecule has 0 spiro atoms. The number of nitrogens with two attached hydrogens (primary N) is 1. The lowest BCUT2D eigenvalue weighted by molar-refractivity contribution is 0.0594. The smallest absolute Gasteiger partial charge is 0.254 e. The summed E-state index contributed by atoms with van der Waals surface area (Å²) >= 11 is 0. The summed E-state index contributed by atoms with van der Waals surface area (Å²) in [7, 11) is 0. The molecular weight excluding hydrogens is 319 g/mol. The highest BCUT2D eigenvalue weighted by molar-refractivity contribution is 5.95. The highest BCUT2D eigenvalue weighted by Crippen LogP contribution is 2.19. The molecule has 1 amide bonds. The number of anilines is 1. The highest BCUT2D eigenvalue weighted by atomic mass is 19.1. The maximum atomic E-state index is 13.0. The molecule has 0 bridgehead atoms. The number of nitrogen functional groups attached to an aromatic ring is 1. The number of halogens is 1. The van der Waals surface area contributed by atoms with Gasteiger partial charge < -0.3 is 15.7 Å². The average Bonchev–Trinajstić information content (AvgIpc) is 2.56. The maximum Gasteiger partial charge on any atom is 0.254 e. The molecule has 0 radical (unpaired) electrons. The number of carbonyl (C=O) groups excluding carboxylic acids is 1. The van der Waals surface area contributed by atoms with Crippen molar-refractivity contribution in [2.75, 3.05) is 18.8 Å². The fourth-order valence-electron chi connectivity index (χ4n) is 2.64. The quantitative estimate of drug-likeness (QED) is 0.788. The summed E-state index contributed by atoms with van der Waals surface area (Å²) in [6, 6.07) is 10.9. The second kappa shape index (κ2) is 8.12. The Bertz CT molecular complexity index is 729. The minimum Gasteiger partial charge on any atom is -0.398 e. The predicted molar refractivity (Wildman–Crippen MR) is 97.7 cm³/mol. The van der Waals surface area contributed by atoms with Crippen LogP contribution in [0.2, 0.25) is 0 Å². The molecule has 0 saturated carbocycles. The summed E-state index contributed by atoms with van der Waals surface area (Å²) < 4.78 is 13.0. The van der Waals surface area contributed by atoms with E-state index < -0.39 is 6.10 Å². The largest absolute Gasteiger partial charge is 0.398 e. The molecule has 1 unspecified atom stereocenters. The Kier molecular flexibility index (Phi) is 6.15. The van der Waals surface area contributed by atoms with Gasteiger partial charge in [0.25, 0.3) is 5.91 Å². The Hall–Kier alpha value is -2.40. The number of rotatable bonds is 6. The molecule has 25 heavy (non-hydrogen) atoms. The lowest BCUT2D eigenvalue weighted by Crippen LogP contribution is -2.37. The number of aliphatic hydroxyl groups is 1. The fourth-order valence-corrected chi connectivity index (χ4v) is 2.64. The monoisotopic (exact) mass is 344 g/mol. The number of carbonyl (C=O) groups is 1. The molecule has 0 saturated heterocycles. The first-order chi connectivity index (χ1) is 11.8. The van der Waals surface area contributed by atoms with Gasteiger partial charge in [-0.3, -0.25) is 4.79 Å². The summed E-state index contributed by atoms with van der Waals surface area (Å²) in [5, 5.41) is 10.4. The van der Waals surface area contributed by atoms with Gasteiger partial charge in [-0.1, -0.05) is 32.0 Å². The van der Waals surface area contributed by atoms with Crippen molar-refractivity contribution in [1.82, 2.24) is 4.90 Å². The van der Waals surface area contributed by atoms with Gasteiger partial charge in [-0.25, -0.2) is 4.39 Å². The van der Waals surface area contributed by atoms with Gasteiger partial charge in [-0.2, -0.15) is 0 Å². The van der Waals surface area contributed by atoms with Crippen LogP contribution in [-0.2, 0) is 0 Å². The summed E-state index contributed by atoms with van der Waals surface area (Å²) in [4.78, 5) is 14.5. The molecule has 0 aromatic heterocycles. The molecule has 2 aromatic carbocycles. The van der Waals surface area contributed by atoms with Crippen LogP contribution in [0, 0.1) is 18.7 Å². The second-order valence-electron chi connectivity index (χ2n) is 6.74. The van der Waals surface area contributed by atoms with E-state index in [0.717, 1.165) is 5.56 Å². The Morgan fingerprint density at radius 1 is 1.16 bits per heavy atom. The number of hydrogen-bond acceptors (Lipinski definition) is 3. The van der Waals surface area contributed by atoms with E-state index in [-0.39, 0.29) is 24.2 Å². The van der Waals surface area contributed by atoms with Crippen molar-refractivity contribution >= 4 is 11.6 Å². The van der Waals surface area contributed by atoms with Crippen molar-refractivity contribution in [1.29, 1.82) is 0 Å². The molecule has 2 aromatic rings. The normalized spacial score (nSPS) is 12.2. The molecule has 5 heteroatoms. The van der Waals surface area contributed by atoms with Crippen LogP contribution in [0.4, 0.5) is 10.1 Å². The predicted octanol–water partition coefficient (Wildman–Crippen LogP) is 3.55. The van der Waals surface area contributed by atoms with Crippen molar-refractivity contribution in [3.8, 4) is 0 Å². The van der Waals surface area contributed by atoms with E-state index in [1.165, 1.54) is 24.3 Å². The van der Waals surface area contributed by atoms with Gasteiger partial charge in [0.15, 0.2) is 0 Å². The highest BCUT2D eigenvalue weighted by Gasteiger charge is 2.21. The van der Waals surface area contributed by atoms with Gasteiger partial charge in [-0.15, -0.1) is 0 Å². The van der Waals surface area contributed by atoms with Crippen molar-refractivity contribution in [2.24, 2.45) is 5.92 Å². The minimum absolute atomic E-state index is 0.135. The standard InChI is InChI=1S/C20H25FN2O2/c1-13(2)11-23(12-19(24)15-6-8-17(21)9-7-15)20(25)16-5-4-14(3)18(22)10-16/h4-10,13,19,24H,11-12,22H2,1-3H3. The van der Waals surface area contributed by atoms with Crippen LogP contribution in [0.1, 0.15) is 41.4 Å². The molecule has 0 aliphatic heterocycles. The Morgan fingerprint density at radius 3 is 2.36 bits per heavy atom.